The first kappa shape index (κ1) is 22.0. The summed E-state index contributed by atoms with van der Waals surface area (Å²) in [6.07, 6.45) is 0.855. The van der Waals surface area contributed by atoms with Gasteiger partial charge in [0.15, 0.2) is 0 Å². The largest absolute Gasteiger partial charge is 0.454 e. The van der Waals surface area contributed by atoms with Gasteiger partial charge in [0, 0.05) is 20.6 Å². The van der Waals surface area contributed by atoms with Crippen LogP contribution in [0.3, 0.4) is 0 Å². The molecule has 0 spiro atoms. The predicted octanol–water partition coefficient (Wildman–Crippen LogP) is 4.21. The maximum atomic E-state index is 12.8. The Balaban J connectivity index is 1.66. The number of hydrogen-bond donors (Lipinski definition) is 0. The van der Waals surface area contributed by atoms with E-state index < -0.39 is 16.0 Å². The lowest BCUT2D eigenvalue weighted by Crippen LogP contribution is -2.22. The van der Waals surface area contributed by atoms with Crippen LogP contribution in [-0.4, -0.2) is 42.3 Å². The number of benzene rings is 3. The van der Waals surface area contributed by atoms with Crippen LogP contribution in [-0.2, 0) is 27.9 Å². The molecule has 0 amide bonds. The molecule has 4 aromatic rings. The van der Waals surface area contributed by atoms with Crippen molar-refractivity contribution in [1.29, 1.82) is 0 Å². The SMILES string of the molecule is CCCn1c(COC(=O)c2cccc3ccccc23)nc2cc(S(=O)(=O)N(C)C)ccc21. The van der Waals surface area contributed by atoms with Gasteiger partial charge in [-0.3, -0.25) is 0 Å². The van der Waals surface area contributed by atoms with Crippen LogP contribution in [0, 0.1) is 0 Å². The molecule has 4 rings (SSSR count). The van der Waals surface area contributed by atoms with E-state index in [1.54, 1.807) is 24.3 Å². The summed E-state index contributed by atoms with van der Waals surface area (Å²) in [6.45, 7) is 2.71. The Morgan fingerprint density at radius 1 is 1.06 bits per heavy atom. The molecule has 0 aliphatic rings. The number of carbonyl (C=O) groups excluding carboxylic acids is 1. The number of carbonyl (C=O) groups is 1. The third kappa shape index (κ3) is 3.99. The molecule has 0 saturated carbocycles. The van der Waals surface area contributed by atoms with E-state index in [9.17, 15) is 13.2 Å². The van der Waals surface area contributed by atoms with E-state index in [0.29, 0.717) is 23.4 Å². The van der Waals surface area contributed by atoms with Gasteiger partial charge in [0.05, 0.1) is 21.5 Å². The first-order chi connectivity index (χ1) is 15.3. The molecule has 0 aliphatic heterocycles. The number of esters is 1. The Kier molecular flexibility index (Phi) is 5.99. The van der Waals surface area contributed by atoms with Crippen molar-refractivity contribution in [3.8, 4) is 0 Å². The van der Waals surface area contributed by atoms with Crippen LogP contribution >= 0.6 is 0 Å². The Labute approximate surface area is 187 Å². The number of imidazole rings is 1. The Morgan fingerprint density at radius 2 is 1.81 bits per heavy atom. The molecule has 1 aromatic heterocycles. The quantitative estimate of drug-likeness (QED) is 0.393. The van der Waals surface area contributed by atoms with Gasteiger partial charge in [-0.25, -0.2) is 22.5 Å². The van der Waals surface area contributed by atoms with Crippen LogP contribution in [0.1, 0.15) is 29.5 Å². The van der Waals surface area contributed by atoms with Gasteiger partial charge in [-0.2, -0.15) is 0 Å². The monoisotopic (exact) mass is 451 g/mol. The van der Waals surface area contributed by atoms with Crippen molar-refractivity contribution in [2.24, 2.45) is 0 Å². The van der Waals surface area contributed by atoms with Gasteiger partial charge < -0.3 is 9.30 Å². The maximum Gasteiger partial charge on any atom is 0.339 e. The standard InChI is InChI=1S/C24H25N3O4S/c1-4-14-27-22-13-12-18(32(29,30)26(2)3)15-21(22)25-23(27)16-31-24(28)20-11-7-9-17-8-5-6-10-19(17)20/h5-13,15H,4,14,16H2,1-3H3. The van der Waals surface area contributed by atoms with Crippen molar-refractivity contribution in [3.63, 3.8) is 0 Å². The number of hydrogen-bond acceptors (Lipinski definition) is 5. The van der Waals surface area contributed by atoms with Crippen LogP contribution in [0.2, 0.25) is 0 Å². The number of aryl methyl sites for hydroxylation is 1. The van der Waals surface area contributed by atoms with Gasteiger partial charge in [-0.05, 0) is 41.5 Å². The van der Waals surface area contributed by atoms with E-state index in [0.717, 1.165) is 22.7 Å². The zero-order chi connectivity index (χ0) is 22.9. The summed E-state index contributed by atoms with van der Waals surface area (Å²) >= 11 is 0. The fraction of sp³-hybridized carbons (Fsp3) is 0.250. The van der Waals surface area contributed by atoms with Crippen LogP contribution in [0.5, 0.6) is 0 Å². The minimum Gasteiger partial charge on any atom is -0.454 e. The van der Waals surface area contributed by atoms with Crippen molar-refractivity contribution in [3.05, 3.63) is 72.1 Å². The van der Waals surface area contributed by atoms with Gasteiger partial charge in [-0.15, -0.1) is 0 Å². The van der Waals surface area contributed by atoms with Crippen molar-refractivity contribution >= 4 is 37.8 Å². The minimum atomic E-state index is -3.57. The fourth-order valence-corrected chi connectivity index (χ4v) is 4.65. The van der Waals surface area contributed by atoms with E-state index >= 15 is 0 Å². The number of sulfonamides is 1. The van der Waals surface area contributed by atoms with Crippen molar-refractivity contribution < 1.29 is 17.9 Å². The predicted molar refractivity (Wildman–Crippen MR) is 124 cm³/mol. The first-order valence-electron chi connectivity index (χ1n) is 10.4. The van der Waals surface area contributed by atoms with Crippen molar-refractivity contribution in [1.82, 2.24) is 13.9 Å². The molecule has 0 fully saturated rings. The Hall–Kier alpha value is -3.23. The molecule has 0 atom stereocenters. The molecule has 0 bridgehead atoms. The zero-order valence-corrected chi connectivity index (χ0v) is 19.1. The van der Waals surface area contributed by atoms with Gasteiger partial charge >= 0.3 is 5.97 Å². The second-order valence-electron chi connectivity index (χ2n) is 7.72. The molecule has 0 unspecified atom stereocenters. The summed E-state index contributed by atoms with van der Waals surface area (Å²) in [5.74, 6) is 0.155. The molecule has 0 N–H and O–H groups in total. The first-order valence-corrected chi connectivity index (χ1v) is 11.8. The normalized spacial score (nSPS) is 12.0. The number of fused-ring (bicyclic) bond motifs is 2. The average Bonchev–Trinajstić information content (AvgIpc) is 3.14. The van der Waals surface area contributed by atoms with E-state index in [-0.39, 0.29) is 11.5 Å². The highest BCUT2D eigenvalue weighted by atomic mass is 32.2. The number of rotatable bonds is 7. The third-order valence-corrected chi connectivity index (χ3v) is 7.18. The third-order valence-electron chi connectivity index (χ3n) is 5.37. The average molecular weight is 452 g/mol. The van der Waals surface area contributed by atoms with Crippen LogP contribution in [0.15, 0.2) is 65.6 Å². The van der Waals surface area contributed by atoms with Crippen LogP contribution in [0.25, 0.3) is 21.8 Å². The number of aromatic nitrogens is 2. The summed E-state index contributed by atoms with van der Waals surface area (Å²) in [4.78, 5) is 17.6. The van der Waals surface area contributed by atoms with Crippen molar-refractivity contribution in [2.45, 2.75) is 31.4 Å². The lowest BCUT2D eigenvalue weighted by molar-refractivity contribution is 0.0461. The van der Waals surface area contributed by atoms with Gasteiger partial charge in [0.25, 0.3) is 0 Å². The summed E-state index contributed by atoms with van der Waals surface area (Å²) in [7, 11) is -0.581. The lowest BCUT2D eigenvalue weighted by atomic mass is 10.1. The van der Waals surface area contributed by atoms with E-state index in [4.69, 9.17) is 4.74 Å². The molecule has 166 valence electrons. The van der Waals surface area contributed by atoms with Gasteiger partial charge in [0.2, 0.25) is 10.0 Å². The molecule has 7 nitrogen and oxygen atoms in total. The number of nitrogens with zero attached hydrogens (tertiary/aromatic N) is 3. The lowest BCUT2D eigenvalue weighted by Gasteiger charge is -2.11. The molecule has 1 heterocycles. The smallest absolute Gasteiger partial charge is 0.339 e. The minimum absolute atomic E-state index is 0.00744. The second kappa shape index (κ2) is 8.72. The molecule has 3 aromatic carbocycles. The van der Waals surface area contributed by atoms with Crippen LogP contribution < -0.4 is 0 Å². The Bertz CT molecular complexity index is 1400. The number of ether oxygens (including phenoxy) is 1. The molecule has 32 heavy (non-hydrogen) atoms. The molecular weight excluding hydrogens is 426 g/mol. The summed E-state index contributed by atoms with van der Waals surface area (Å²) in [5.41, 5.74) is 1.86. The summed E-state index contributed by atoms with van der Waals surface area (Å²) < 4.78 is 33.8. The van der Waals surface area contributed by atoms with Crippen molar-refractivity contribution in [2.75, 3.05) is 14.1 Å². The summed E-state index contributed by atoms with van der Waals surface area (Å²) in [5, 5.41) is 1.80. The fourth-order valence-electron chi connectivity index (χ4n) is 3.73. The van der Waals surface area contributed by atoms with E-state index in [1.807, 2.05) is 47.9 Å². The zero-order valence-electron chi connectivity index (χ0n) is 18.3. The molecule has 0 aliphatic carbocycles. The van der Waals surface area contributed by atoms with Crippen LogP contribution in [0.4, 0.5) is 0 Å². The van der Waals surface area contributed by atoms with Gasteiger partial charge in [0.1, 0.15) is 12.4 Å². The highest BCUT2D eigenvalue weighted by Crippen LogP contribution is 2.24. The highest BCUT2D eigenvalue weighted by molar-refractivity contribution is 7.89. The maximum absolute atomic E-state index is 12.8. The second-order valence-corrected chi connectivity index (χ2v) is 9.87. The van der Waals surface area contributed by atoms with E-state index in [2.05, 4.69) is 4.98 Å². The molecule has 8 heteroatoms. The topological polar surface area (TPSA) is 81.5 Å². The van der Waals surface area contributed by atoms with E-state index in [1.165, 1.54) is 18.4 Å². The Morgan fingerprint density at radius 3 is 2.56 bits per heavy atom. The molecular formula is C24H25N3O4S. The summed E-state index contributed by atoms with van der Waals surface area (Å²) in [6, 6.07) is 18.1. The highest BCUT2D eigenvalue weighted by Gasteiger charge is 2.20. The molecule has 0 radical (unpaired) electrons. The van der Waals surface area contributed by atoms with Gasteiger partial charge in [-0.1, -0.05) is 43.3 Å². The molecule has 0 saturated heterocycles.